The SMILES string of the molecule is COc1cc(C2C3CCCCC3(O)CCN2CC(=O)NCc2ccco2)ccc1O. The zero-order valence-electron chi connectivity index (χ0n) is 17.3. The largest absolute Gasteiger partial charge is 0.504 e. The van der Waals surface area contributed by atoms with Gasteiger partial charge in [-0.15, -0.1) is 0 Å². The summed E-state index contributed by atoms with van der Waals surface area (Å²) in [6.07, 6.45) is 6.05. The van der Waals surface area contributed by atoms with Crippen LogP contribution in [0, 0.1) is 5.92 Å². The molecule has 2 aliphatic rings. The highest BCUT2D eigenvalue weighted by Gasteiger charge is 2.49. The van der Waals surface area contributed by atoms with Crippen LogP contribution in [0.25, 0.3) is 0 Å². The number of nitrogens with zero attached hydrogens (tertiary/aromatic N) is 1. The molecule has 7 heteroatoms. The molecule has 2 fully saturated rings. The molecule has 3 atom stereocenters. The first-order chi connectivity index (χ1) is 14.5. The number of carbonyl (C=O) groups is 1. The summed E-state index contributed by atoms with van der Waals surface area (Å²) < 4.78 is 10.6. The first kappa shape index (κ1) is 20.8. The summed E-state index contributed by atoms with van der Waals surface area (Å²) in [5.41, 5.74) is 0.239. The maximum Gasteiger partial charge on any atom is 0.234 e. The number of methoxy groups -OCH3 is 1. The van der Waals surface area contributed by atoms with Gasteiger partial charge in [0.2, 0.25) is 5.91 Å². The van der Waals surface area contributed by atoms with E-state index in [-0.39, 0.29) is 30.2 Å². The van der Waals surface area contributed by atoms with Gasteiger partial charge >= 0.3 is 0 Å². The molecule has 1 saturated heterocycles. The van der Waals surface area contributed by atoms with Crippen LogP contribution in [0.3, 0.4) is 0 Å². The predicted octanol–water partition coefficient (Wildman–Crippen LogP) is 2.98. The number of carbonyl (C=O) groups excluding carboxylic acids is 1. The number of benzene rings is 1. The molecular formula is C23H30N2O5. The van der Waals surface area contributed by atoms with Crippen molar-refractivity contribution in [1.29, 1.82) is 0 Å². The summed E-state index contributed by atoms with van der Waals surface area (Å²) in [7, 11) is 1.52. The number of hydrogen-bond acceptors (Lipinski definition) is 6. The molecule has 1 saturated carbocycles. The Morgan fingerprint density at radius 3 is 2.97 bits per heavy atom. The monoisotopic (exact) mass is 414 g/mol. The number of amides is 1. The van der Waals surface area contributed by atoms with Crippen molar-refractivity contribution in [2.24, 2.45) is 5.92 Å². The van der Waals surface area contributed by atoms with Crippen molar-refractivity contribution in [3.63, 3.8) is 0 Å². The minimum absolute atomic E-state index is 0.0344. The van der Waals surface area contributed by atoms with Crippen LogP contribution < -0.4 is 10.1 Å². The van der Waals surface area contributed by atoms with Crippen molar-refractivity contribution >= 4 is 5.91 Å². The van der Waals surface area contributed by atoms with Crippen LogP contribution in [-0.4, -0.2) is 46.8 Å². The Morgan fingerprint density at radius 1 is 1.33 bits per heavy atom. The van der Waals surface area contributed by atoms with Crippen LogP contribution >= 0.6 is 0 Å². The van der Waals surface area contributed by atoms with Gasteiger partial charge in [0.05, 0.1) is 32.1 Å². The summed E-state index contributed by atoms with van der Waals surface area (Å²) in [5.74, 6) is 1.15. The average molecular weight is 415 g/mol. The normalized spacial score (nSPS) is 26.7. The number of likely N-dealkylation sites (tertiary alicyclic amines) is 1. The Balaban J connectivity index is 1.57. The first-order valence-corrected chi connectivity index (χ1v) is 10.6. The van der Waals surface area contributed by atoms with Crippen LogP contribution in [0.4, 0.5) is 0 Å². The molecule has 2 aromatic rings. The number of hydrogen-bond donors (Lipinski definition) is 3. The third-order valence-corrected chi connectivity index (χ3v) is 6.60. The first-order valence-electron chi connectivity index (χ1n) is 10.6. The highest BCUT2D eigenvalue weighted by atomic mass is 16.5. The van der Waals surface area contributed by atoms with E-state index in [1.165, 1.54) is 7.11 Å². The molecule has 1 aromatic carbocycles. The number of furan rings is 1. The quantitative estimate of drug-likeness (QED) is 0.673. The number of nitrogens with one attached hydrogen (secondary N) is 1. The number of aliphatic hydroxyl groups is 1. The van der Waals surface area contributed by atoms with Gasteiger partial charge in [-0.1, -0.05) is 18.9 Å². The molecule has 0 radical (unpaired) electrons. The molecule has 162 valence electrons. The lowest BCUT2D eigenvalue weighted by atomic mass is 9.66. The van der Waals surface area contributed by atoms with E-state index in [1.54, 1.807) is 18.4 Å². The lowest BCUT2D eigenvalue weighted by Gasteiger charge is -2.52. The van der Waals surface area contributed by atoms with Gasteiger partial charge in [0, 0.05) is 18.5 Å². The number of rotatable bonds is 6. The van der Waals surface area contributed by atoms with Gasteiger partial charge < -0.3 is 24.7 Å². The van der Waals surface area contributed by atoms with Gasteiger partial charge in [0.25, 0.3) is 0 Å². The molecule has 1 aromatic heterocycles. The molecule has 30 heavy (non-hydrogen) atoms. The minimum Gasteiger partial charge on any atom is -0.504 e. The van der Waals surface area contributed by atoms with E-state index < -0.39 is 5.60 Å². The van der Waals surface area contributed by atoms with E-state index in [4.69, 9.17) is 9.15 Å². The zero-order valence-corrected chi connectivity index (χ0v) is 17.3. The van der Waals surface area contributed by atoms with Crippen LogP contribution in [0.15, 0.2) is 41.0 Å². The molecular weight excluding hydrogens is 384 g/mol. The maximum absolute atomic E-state index is 12.7. The highest BCUT2D eigenvalue weighted by molar-refractivity contribution is 5.78. The summed E-state index contributed by atoms with van der Waals surface area (Å²) in [6, 6.07) is 8.83. The van der Waals surface area contributed by atoms with Crippen molar-refractivity contribution in [3.8, 4) is 11.5 Å². The Kier molecular flexibility index (Phi) is 6.01. The van der Waals surface area contributed by atoms with Crippen molar-refractivity contribution in [3.05, 3.63) is 47.9 Å². The third kappa shape index (κ3) is 4.18. The molecule has 0 spiro atoms. The third-order valence-electron chi connectivity index (χ3n) is 6.60. The number of phenols is 1. The number of fused-ring (bicyclic) bond motifs is 1. The fraction of sp³-hybridized carbons (Fsp3) is 0.522. The molecule has 2 heterocycles. The maximum atomic E-state index is 12.7. The molecule has 4 rings (SSSR count). The topological polar surface area (TPSA) is 95.2 Å². The van der Waals surface area contributed by atoms with E-state index in [1.807, 2.05) is 18.2 Å². The van der Waals surface area contributed by atoms with E-state index >= 15 is 0 Å². The van der Waals surface area contributed by atoms with E-state index in [2.05, 4.69) is 10.2 Å². The predicted molar refractivity (Wildman–Crippen MR) is 111 cm³/mol. The Labute approximate surface area is 176 Å². The molecule has 1 aliphatic carbocycles. The van der Waals surface area contributed by atoms with Crippen LogP contribution in [0.1, 0.15) is 49.5 Å². The lowest BCUT2D eigenvalue weighted by Crippen LogP contribution is -2.56. The number of aromatic hydroxyl groups is 1. The van der Waals surface area contributed by atoms with Gasteiger partial charge in [-0.05, 0) is 49.1 Å². The van der Waals surface area contributed by atoms with E-state index in [0.717, 1.165) is 31.2 Å². The number of ether oxygens (including phenoxy) is 1. The molecule has 3 unspecified atom stereocenters. The lowest BCUT2D eigenvalue weighted by molar-refractivity contribution is -0.138. The number of piperidine rings is 1. The standard InChI is InChI=1S/C23H30N2O5/c1-29-20-13-16(7-8-19(20)26)22-18-6-2-3-9-23(18,28)10-11-25(22)15-21(27)24-14-17-5-4-12-30-17/h4-5,7-8,12-13,18,22,26,28H,2-3,6,9-11,14-15H2,1H3,(H,24,27). The van der Waals surface area contributed by atoms with Gasteiger partial charge in [-0.25, -0.2) is 0 Å². The minimum atomic E-state index is -0.713. The van der Waals surface area contributed by atoms with E-state index in [0.29, 0.717) is 31.0 Å². The average Bonchev–Trinajstić information content (AvgIpc) is 3.26. The van der Waals surface area contributed by atoms with Crippen molar-refractivity contribution in [1.82, 2.24) is 10.2 Å². The Bertz CT molecular complexity index is 868. The highest BCUT2D eigenvalue weighted by Crippen LogP contribution is 2.49. The second kappa shape index (κ2) is 8.70. The smallest absolute Gasteiger partial charge is 0.234 e. The van der Waals surface area contributed by atoms with Gasteiger partial charge in [0.15, 0.2) is 11.5 Å². The van der Waals surface area contributed by atoms with Crippen LogP contribution in [0.5, 0.6) is 11.5 Å². The summed E-state index contributed by atoms with van der Waals surface area (Å²) in [6.45, 7) is 1.22. The van der Waals surface area contributed by atoms with Crippen molar-refractivity contribution < 1.29 is 24.2 Å². The van der Waals surface area contributed by atoms with Crippen molar-refractivity contribution in [2.75, 3.05) is 20.2 Å². The fourth-order valence-electron chi connectivity index (χ4n) is 5.08. The molecule has 1 aliphatic heterocycles. The van der Waals surface area contributed by atoms with Gasteiger partial charge in [-0.2, -0.15) is 0 Å². The van der Waals surface area contributed by atoms with E-state index in [9.17, 15) is 15.0 Å². The fourth-order valence-corrected chi connectivity index (χ4v) is 5.08. The Morgan fingerprint density at radius 2 is 2.20 bits per heavy atom. The summed E-state index contributed by atoms with van der Waals surface area (Å²) >= 11 is 0. The molecule has 0 bridgehead atoms. The summed E-state index contributed by atoms with van der Waals surface area (Å²) in [5, 5.41) is 24.3. The van der Waals surface area contributed by atoms with Gasteiger partial charge in [0.1, 0.15) is 5.76 Å². The van der Waals surface area contributed by atoms with Crippen LogP contribution in [-0.2, 0) is 11.3 Å². The molecule has 3 N–H and O–H groups in total. The number of phenolic OH excluding ortho intramolecular Hbond substituents is 1. The zero-order chi connectivity index (χ0) is 21.1. The van der Waals surface area contributed by atoms with Crippen LogP contribution in [0.2, 0.25) is 0 Å². The second-order valence-electron chi connectivity index (χ2n) is 8.41. The van der Waals surface area contributed by atoms with Gasteiger partial charge in [-0.3, -0.25) is 9.69 Å². The summed E-state index contributed by atoms with van der Waals surface area (Å²) in [4.78, 5) is 14.8. The Hall–Kier alpha value is -2.51. The van der Waals surface area contributed by atoms with Crippen molar-refractivity contribution in [2.45, 2.75) is 50.3 Å². The molecule has 7 nitrogen and oxygen atoms in total. The molecule has 1 amide bonds. The second-order valence-corrected chi connectivity index (χ2v) is 8.41.